The quantitative estimate of drug-likeness (QED) is 0.682. The molecule has 4 nitrogen and oxygen atoms in total. The van der Waals surface area contributed by atoms with Gasteiger partial charge in [0.2, 0.25) is 6.04 Å². The molecule has 1 aromatic carbocycles. The Hall–Kier alpha value is -1.97. The SMILES string of the molecule is CC(=O)c1ccc2c(c1)=C[C](C(=O)O)N=2. The van der Waals surface area contributed by atoms with Gasteiger partial charge in [0.05, 0.1) is 5.36 Å². The zero-order chi connectivity index (χ0) is 11.0. The molecule has 2 rings (SSSR count). The molecule has 1 radical (unpaired) electrons. The van der Waals surface area contributed by atoms with E-state index in [1.807, 2.05) is 0 Å². The predicted molar refractivity (Wildman–Crippen MR) is 52.6 cm³/mol. The molecule has 1 aliphatic heterocycles. The van der Waals surface area contributed by atoms with Crippen molar-refractivity contribution in [2.75, 3.05) is 0 Å². The molecule has 0 aromatic heterocycles. The predicted octanol–water partition coefficient (Wildman–Crippen LogP) is -0.0805. The van der Waals surface area contributed by atoms with Gasteiger partial charge in [-0.1, -0.05) is 0 Å². The van der Waals surface area contributed by atoms with Crippen molar-refractivity contribution in [1.82, 2.24) is 0 Å². The van der Waals surface area contributed by atoms with E-state index in [1.165, 1.54) is 13.0 Å². The van der Waals surface area contributed by atoms with Gasteiger partial charge in [-0.25, -0.2) is 4.79 Å². The molecule has 1 aliphatic rings. The molecule has 15 heavy (non-hydrogen) atoms. The van der Waals surface area contributed by atoms with Crippen LogP contribution in [0.5, 0.6) is 0 Å². The van der Waals surface area contributed by atoms with Gasteiger partial charge in [-0.05, 0) is 36.4 Å². The van der Waals surface area contributed by atoms with Gasteiger partial charge in [-0.2, -0.15) is 0 Å². The standard InChI is InChI=1S/C11H8NO3/c1-6(13)7-2-3-9-8(4-7)5-10(12-9)11(14)15/h2-5H,1H3,(H,14,15). The second kappa shape index (κ2) is 3.31. The molecule has 0 amide bonds. The summed E-state index contributed by atoms with van der Waals surface area (Å²) in [7, 11) is 0. The number of benzene rings is 1. The third-order valence-corrected chi connectivity index (χ3v) is 2.19. The Morgan fingerprint density at radius 2 is 2.07 bits per heavy atom. The highest BCUT2D eigenvalue weighted by Gasteiger charge is 2.18. The molecular formula is C11H8NO3. The Morgan fingerprint density at radius 1 is 1.33 bits per heavy atom. The van der Waals surface area contributed by atoms with Crippen molar-refractivity contribution in [1.29, 1.82) is 0 Å². The summed E-state index contributed by atoms with van der Waals surface area (Å²) in [6.07, 6.45) is 1.46. The summed E-state index contributed by atoms with van der Waals surface area (Å²) in [4.78, 5) is 25.7. The Bertz CT molecular complexity index is 560. The number of carbonyl (C=O) groups is 2. The van der Waals surface area contributed by atoms with Crippen molar-refractivity contribution in [2.24, 2.45) is 4.99 Å². The van der Waals surface area contributed by atoms with Gasteiger partial charge < -0.3 is 5.11 Å². The molecule has 0 saturated carbocycles. The number of ketones is 1. The van der Waals surface area contributed by atoms with Crippen LogP contribution in [0.2, 0.25) is 0 Å². The minimum atomic E-state index is -1.06. The van der Waals surface area contributed by atoms with E-state index in [1.54, 1.807) is 18.2 Å². The Balaban J connectivity index is 2.56. The third-order valence-electron chi connectivity index (χ3n) is 2.19. The van der Waals surface area contributed by atoms with Gasteiger partial charge in [-0.3, -0.25) is 9.79 Å². The highest BCUT2D eigenvalue weighted by atomic mass is 16.4. The lowest BCUT2D eigenvalue weighted by molar-refractivity contribution is -0.134. The van der Waals surface area contributed by atoms with Crippen molar-refractivity contribution >= 4 is 17.8 Å². The minimum Gasteiger partial charge on any atom is -0.479 e. The van der Waals surface area contributed by atoms with Crippen molar-refractivity contribution in [3.05, 3.63) is 40.4 Å². The van der Waals surface area contributed by atoms with Crippen molar-refractivity contribution < 1.29 is 14.7 Å². The summed E-state index contributed by atoms with van der Waals surface area (Å²) in [5, 5.41) is 10.0. The first-order valence-electron chi connectivity index (χ1n) is 4.39. The normalized spacial score (nSPS) is 13.9. The second-order valence-corrected chi connectivity index (χ2v) is 3.28. The molecule has 0 unspecified atom stereocenters. The Kier molecular flexibility index (Phi) is 2.11. The second-order valence-electron chi connectivity index (χ2n) is 3.28. The van der Waals surface area contributed by atoms with E-state index in [9.17, 15) is 9.59 Å². The van der Waals surface area contributed by atoms with E-state index < -0.39 is 5.97 Å². The van der Waals surface area contributed by atoms with Gasteiger partial charge in [0.1, 0.15) is 0 Å². The maximum absolute atomic E-state index is 11.1. The number of hydrogen-bond acceptors (Lipinski definition) is 3. The zero-order valence-electron chi connectivity index (χ0n) is 8.02. The van der Waals surface area contributed by atoms with Gasteiger partial charge in [0.15, 0.2) is 5.78 Å². The van der Waals surface area contributed by atoms with Crippen molar-refractivity contribution in [3.8, 4) is 0 Å². The van der Waals surface area contributed by atoms with Gasteiger partial charge in [0, 0.05) is 5.56 Å². The summed E-state index contributed by atoms with van der Waals surface area (Å²) in [6, 6.07) is 4.95. The largest absolute Gasteiger partial charge is 0.479 e. The number of aliphatic carboxylic acids is 1. The molecule has 0 spiro atoms. The molecule has 1 aromatic rings. The van der Waals surface area contributed by atoms with Crippen LogP contribution in [-0.4, -0.2) is 16.9 Å². The Labute approximate surface area is 85.6 Å². The van der Waals surface area contributed by atoms with E-state index in [-0.39, 0.29) is 11.8 Å². The number of Topliss-reactive ketones (excluding diaryl/α,β-unsaturated/α-hetero) is 1. The van der Waals surface area contributed by atoms with Crippen LogP contribution in [-0.2, 0) is 4.79 Å². The number of carbonyl (C=O) groups excluding carboxylic acids is 1. The van der Waals surface area contributed by atoms with Crippen LogP contribution in [0, 0.1) is 6.04 Å². The van der Waals surface area contributed by atoms with Gasteiger partial charge >= 0.3 is 5.97 Å². The molecule has 0 aliphatic carbocycles. The first-order chi connectivity index (χ1) is 7.08. The molecule has 0 atom stereocenters. The maximum Gasteiger partial charge on any atom is 0.339 e. The number of rotatable bonds is 2. The van der Waals surface area contributed by atoms with Crippen molar-refractivity contribution in [3.63, 3.8) is 0 Å². The molecule has 0 saturated heterocycles. The van der Waals surface area contributed by atoms with Crippen LogP contribution in [0.15, 0.2) is 23.2 Å². The number of carboxylic acid groups (broad SMARTS) is 1. The fraction of sp³-hybridized carbons (Fsp3) is 0.0909. The monoisotopic (exact) mass is 202 g/mol. The minimum absolute atomic E-state index is 0.00528. The van der Waals surface area contributed by atoms with Crippen LogP contribution >= 0.6 is 0 Å². The van der Waals surface area contributed by atoms with E-state index in [0.717, 1.165) is 0 Å². The molecule has 1 N–H and O–H groups in total. The molecule has 1 heterocycles. The number of hydrogen-bond donors (Lipinski definition) is 1. The molecule has 75 valence electrons. The lowest BCUT2D eigenvalue weighted by Crippen LogP contribution is -2.22. The summed E-state index contributed by atoms with van der Waals surface area (Å²) >= 11 is 0. The number of nitrogens with zero attached hydrogens (tertiary/aromatic N) is 1. The van der Waals surface area contributed by atoms with Crippen LogP contribution in [0.4, 0.5) is 0 Å². The first-order valence-corrected chi connectivity index (χ1v) is 4.39. The van der Waals surface area contributed by atoms with Gasteiger partial charge in [-0.15, -0.1) is 0 Å². The van der Waals surface area contributed by atoms with Crippen LogP contribution in [0.3, 0.4) is 0 Å². The summed E-state index contributed by atoms with van der Waals surface area (Å²) < 4.78 is 0. The van der Waals surface area contributed by atoms with Crippen LogP contribution < -0.4 is 10.6 Å². The van der Waals surface area contributed by atoms with Gasteiger partial charge in [0.25, 0.3) is 0 Å². The highest BCUT2D eigenvalue weighted by Crippen LogP contribution is 2.06. The average molecular weight is 202 g/mol. The van der Waals surface area contributed by atoms with E-state index in [4.69, 9.17) is 5.11 Å². The zero-order valence-corrected chi connectivity index (χ0v) is 8.02. The van der Waals surface area contributed by atoms with E-state index in [0.29, 0.717) is 16.1 Å². The molecule has 0 fully saturated rings. The van der Waals surface area contributed by atoms with Crippen LogP contribution in [0.25, 0.3) is 6.08 Å². The smallest absolute Gasteiger partial charge is 0.339 e. The average Bonchev–Trinajstić information content (AvgIpc) is 2.59. The lowest BCUT2D eigenvalue weighted by Gasteiger charge is -1.92. The third kappa shape index (κ3) is 1.66. The number of carboxylic acids is 1. The molecule has 4 heteroatoms. The van der Waals surface area contributed by atoms with E-state index >= 15 is 0 Å². The number of fused-ring (bicyclic) bond motifs is 1. The fourth-order valence-electron chi connectivity index (χ4n) is 1.41. The molecular weight excluding hydrogens is 194 g/mol. The lowest BCUT2D eigenvalue weighted by atomic mass is 10.1. The van der Waals surface area contributed by atoms with Crippen LogP contribution in [0.1, 0.15) is 17.3 Å². The van der Waals surface area contributed by atoms with Crippen molar-refractivity contribution in [2.45, 2.75) is 6.92 Å². The topological polar surface area (TPSA) is 66.7 Å². The maximum atomic E-state index is 11.1. The van der Waals surface area contributed by atoms with E-state index in [2.05, 4.69) is 4.99 Å². The fourth-order valence-corrected chi connectivity index (χ4v) is 1.41. The summed E-state index contributed by atoms with van der Waals surface area (Å²) in [5.74, 6) is -1.11. The first kappa shape index (κ1) is 9.58. The highest BCUT2D eigenvalue weighted by molar-refractivity contribution is 5.95. The Morgan fingerprint density at radius 3 is 2.67 bits per heavy atom. The molecule has 0 bridgehead atoms. The summed E-state index contributed by atoms with van der Waals surface area (Å²) in [5.41, 5.74) is 0.562. The summed E-state index contributed by atoms with van der Waals surface area (Å²) in [6.45, 7) is 1.47.